The lowest BCUT2D eigenvalue weighted by molar-refractivity contribution is -0.137. The summed E-state index contributed by atoms with van der Waals surface area (Å²) in [4.78, 5) is 32.1. The molecular formula is C40H43ClF3N7O4. The van der Waals surface area contributed by atoms with Crippen LogP contribution in [-0.2, 0) is 35.3 Å². The number of carbonyl (C=O) groups is 2. The van der Waals surface area contributed by atoms with Gasteiger partial charge in [-0.05, 0) is 67.0 Å². The smallest absolute Gasteiger partial charge is 0.419 e. The highest BCUT2D eigenvalue weighted by Crippen LogP contribution is 2.44. The molecule has 2 aromatic heterocycles. The Morgan fingerprint density at radius 2 is 1.73 bits per heavy atom. The van der Waals surface area contributed by atoms with E-state index in [0.717, 1.165) is 52.3 Å². The summed E-state index contributed by atoms with van der Waals surface area (Å²) in [7, 11) is 2.98. The van der Waals surface area contributed by atoms with E-state index < -0.39 is 17.8 Å². The van der Waals surface area contributed by atoms with Crippen molar-refractivity contribution in [1.82, 2.24) is 31.2 Å². The normalized spacial score (nSPS) is 19.5. The van der Waals surface area contributed by atoms with Crippen LogP contribution in [0.4, 0.5) is 19.0 Å². The summed E-state index contributed by atoms with van der Waals surface area (Å²) >= 11 is 7.14. The number of ether oxygens (including phenoxy) is 2. The standard InChI is InChI=1S/C40H43ClF3N7O4/c1-54-32-18-22(9-10-23(32)19-45-21-25-11-13-34(52)48-25)37-36(41)29(15-16-46-37)27-5-3-7-28-26(27)6-4-8-31(28)49-38-30(40(42,43)44)17-24(39(51-38)55-2)20-47-33-12-14-35(53)50-33/h3,5,7,9-10,15-18,25,31,33,45,47H,4,6,8,11-14,19-21H2,1-2H3,(H,48,52)(H,49,51)(H,50,53)/t25-,31+,33+/m1/s1. The monoisotopic (exact) mass is 777 g/mol. The number of pyridine rings is 2. The Kier molecular flexibility index (Phi) is 11.5. The van der Waals surface area contributed by atoms with Crippen LogP contribution in [0.15, 0.2) is 54.7 Å². The number of nitrogens with one attached hydrogen (secondary N) is 5. The van der Waals surface area contributed by atoms with Crippen LogP contribution in [0.5, 0.6) is 11.6 Å². The number of halogens is 4. The number of anilines is 1. The summed E-state index contributed by atoms with van der Waals surface area (Å²) in [6, 6.07) is 14.2. The van der Waals surface area contributed by atoms with Crippen LogP contribution >= 0.6 is 11.6 Å². The van der Waals surface area contributed by atoms with E-state index in [1.54, 1.807) is 13.3 Å². The van der Waals surface area contributed by atoms with Crippen LogP contribution < -0.4 is 36.1 Å². The molecule has 0 spiro atoms. The molecule has 15 heteroatoms. The lowest BCUT2D eigenvalue weighted by Crippen LogP contribution is -2.38. The van der Waals surface area contributed by atoms with Gasteiger partial charge < -0.3 is 30.7 Å². The molecule has 290 valence electrons. The lowest BCUT2D eigenvalue weighted by Gasteiger charge is -2.30. The number of amides is 2. The third kappa shape index (κ3) is 8.51. The molecule has 11 nitrogen and oxygen atoms in total. The third-order valence-electron chi connectivity index (χ3n) is 10.4. The number of methoxy groups -OCH3 is 2. The molecule has 2 fully saturated rings. The van der Waals surface area contributed by atoms with Crippen LogP contribution in [0, 0.1) is 0 Å². The summed E-state index contributed by atoms with van der Waals surface area (Å²) in [5, 5.41) is 15.8. The number of carbonyl (C=O) groups excluding carboxylic acids is 2. The van der Waals surface area contributed by atoms with Crippen molar-refractivity contribution >= 4 is 29.2 Å². The van der Waals surface area contributed by atoms with E-state index in [4.69, 9.17) is 21.1 Å². The van der Waals surface area contributed by atoms with Crippen LogP contribution in [-0.4, -0.2) is 54.8 Å². The van der Waals surface area contributed by atoms with Crippen molar-refractivity contribution in [2.45, 2.75) is 82.5 Å². The molecule has 2 saturated heterocycles. The van der Waals surface area contributed by atoms with Crippen molar-refractivity contribution < 1.29 is 32.2 Å². The predicted molar refractivity (Wildman–Crippen MR) is 203 cm³/mol. The molecular weight excluding hydrogens is 735 g/mol. The number of alkyl halides is 3. The second-order valence-electron chi connectivity index (χ2n) is 14.0. The fraction of sp³-hybridized carbons (Fsp3) is 0.400. The second kappa shape index (κ2) is 16.4. The lowest BCUT2D eigenvalue weighted by atomic mass is 9.83. The maximum atomic E-state index is 14.6. The van der Waals surface area contributed by atoms with E-state index in [1.807, 2.05) is 42.5 Å². The van der Waals surface area contributed by atoms with E-state index in [2.05, 4.69) is 36.6 Å². The van der Waals surface area contributed by atoms with Crippen LogP contribution in [0.1, 0.15) is 72.4 Å². The predicted octanol–water partition coefficient (Wildman–Crippen LogP) is 6.68. The van der Waals surface area contributed by atoms with Gasteiger partial charge in [0.2, 0.25) is 17.7 Å². The number of hydrogen-bond donors (Lipinski definition) is 5. The van der Waals surface area contributed by atoms with Gasteiger partial charge in [-0.2, -0.15) is 18.2 Å². The zero-order chi connectivity index (χ0) is 38.7. The molecule has 3 aliphatic rings. The number of rotatable bonds is 13. The van der Waals surface area contributed by atoms with Gasteiger partial charge in [0, 0.05) is 67.0 Å². The van der Waals surface area contributed by atoms with E-state index in [0.29, 0.717) is 61.7 Å². The van der Waals surface area contributed by atoms with Gasteiger partial charge in [0.1, 0.15) is 11.6 Å². The largest absolute Gasteiger partial charge is 0.496 e. The Morgan fingerprint density at radius 1 is 0.909 bits per heavy atom. The molecule has 2 aliphatic heterocycles. The molecule has 0 bridgehead atoms. The molecule has 3 atom stereocenters. The van der Waals surface area contributed by atoms with Crippen molar-refractivity contribution in [2.75, 3.05) is 26.1 Å². The summed E-state index contributed by atoms with van der Waals surface area (Å²) in [5.74, 6) is 0.394. The van der Waals surface area contributed by atoms with Crippen molar-refractivity contribution in [3.8, 4) is 34.0 Å². The Bertz CT molecular complexity index is 2080. The van der Waals surface area contributed by atoms with Crippen LogP contribution in [0.3, 0.4) is 0 Å². The number of fused-ring (bicyclic) bond motifs is 1. The summed E-state index contributed by atoms with van der Waals surface area (Å²) in [6.07, 6.45) is 0.967. The number of hydrogen-bond acceptors (Lipinski definition) is 9. The third-order valence-corrected chi connectivity index (χ3v) is 10.8. The minimum Gasteiger partial charge on any atom is -0.496 e. The molecule has 0 saturated carbocycles. The molecule has 2 aromatic carbocycles. The van der Waals surface area contributed by atoms with Gasteiger partial charge in [-0.1, -0.05) is 41.9 Å². The van der Waals surface area contributed by atoms with Gasteiger partial charge >= 0.3 is 6.18 Å². The van der Waals surface area contributed by atoms with Crippen LogP contribution in [0.25, 0.3) is 22.4 Å². The topological polar surface area (TPSA) is 139 Å². The maximum absolute atomic E-state index is 14.6. The quantitative estimate of drug-likeness (QED) is 0.101. The van der Waals surface area contributed by atoms with Gasteiger partial charge in [-0.3, -0.25) is 19.9 Å². The molecule has 7 rings (SSSR count). The van der Waals surface area contributed by atoms with Crippen LogP contribution in [0.2, 0.25) is 5.02 Å². The van der Waals surface area contributed by atoms with Gasteiger partial charge in [-0.15, -0.1) is 0 Å². The molecule has 5 N–H and O–H groups in total. The van der Waals surface area contributed by atoms with E-state index in [1.165, 1.54) is 7.11 Å². The summed E-state index contributed by atoms with van der Waals surface area (Å²) < 4.78 is 54.9. The SMILES string of the molecule is COc1cc(-c2nccc(-c3cccc4c3CCC[C@@H]4Nc3nc(OC)c(CN[C@@H]4CCC(=O)N4)cc3C(F)(F)F)c2Cl)ccc1CNC[C@H]1CCC(=O)N1. The zero-order valence-corrected chi connectivity index (χ0v) is 31.3. The molecule has 55 heavy (non-hydrogen) atoms. The molecule has 4 heterocycles. The van der Waals surface area contributed by atoms with Gasteiger partial charge in [0.15, 0.2) is 0 Å². The fourth-order valence-corrected chi connectivity index (χ4v) is 8.01. The summed E-state index contributed by atoms with van der Waals surface area (Å²) in [5.41, 5.74) is 5.12. The molecule has 4 aromatic rings. The highest BCUT2D eigenvalue weighted by molar-refractivity contribution is 6.35. The van der Waals surface area contributed by atoms with Gasteiger partial charge in [-0.25, -0.2) is 0 Å². The minimum absolute atomic E-state index is 0.0330. The van der Waals surface area contributed by atoms with Crippen molar-refractivity contribution in [3.63, 3.8) is 0 Å². The van der Waals surface area contributed by atoms with E-state index in [9.17, 15) is 22.8 Å². The second-order valence-corrected chi connectivity index (χ2v) is 14.4. The first kappa shape index (κ1) is 38.4. The van der Waals surface area contributed by atoms with Gasteiger partial charge in [0.25, 0.3) is 0 Å². The first-order valence-electron chi connectivity index (χ1n) is 18.4. The first-order valence-corrected chi connectivity index (χ1v) is 18.8. The minimum atomic E-state index is -4.69. The Labute approximate surface area is 322 Å². The Morgan fingerprint density at radius 3 is 2.45 bits per heavy atom. The molecule has 0 unspecified atom stereocenters. The maximum Gasteiger partial charge on any atom is 0.419 e. The fourth-order valence-electron chi connectivity index (χ4n) is 7.69. The van der Waals surface area contributed by atoms with E-state index >= 15 is 0 Å². The molecule has 0 radical (unpaired) electrons. The van der Waals surface area contributed by atoms with Crippen molar-refractivity contribution in [3.05, 3.63) is 87.6 Å². The van der Waals surface area contributed by atoms with Crippen molar-refractivity contribution in [1.29, 1.82) is 0 Å². The highest BCUT2D eigenvalue weighted by atomic mass is 35.5. The summed E-state index contributed by atoms with van der Waals surface area (Å²) in [6.45, 7) is 1.24. The number of nitrogens with zero attached hydrogens (tertiary/aromatic N) is 2. The molecule has 2 amide bonds. The Balaban J connectivity index is 1.14. The van der Waals surface area contributed by atoms with Crippen molar-refractivity contribution in [2.24, 2.45) is 0 Å². The average Bonchev–Trinajstić information content (AvgIpc) is 3.80. The van der Waals surface area contributed by atoms with Gasteiger partial charge in [0.05, 0.1) is 42.7 Å². The number of aromatic nitrogens is 2. The first-order chi connectivity index (χ1) is 26.5. The zero-order valence-electron chi connectivity index (χ0n) is 30.5. The highest BCUT2D eigenvalue weighted by Gasteiger charge is 2.37. The number of benzene rings is 2. The average molecular weight is 778 g/mol. The Hall–Kier alpha value is -4.92. The molecule has 1 aliphatic carbocycles. The van der Waals surface area contributed by atoms with E-state index in [-0.39, 0.29) is 47.8 Å².